The van der Waals surface area contributed by atoms with Crippen LogP contribution in [0.3, 0.4) is 0 Å². The number of ether oxygens (including phenoxy) is 2. The molecule has 0 spiro atoms. The zero-order valence-corrected chi connectivity index (χ0v) is 22.5. The fourth-order valence-electron chi connectivity index (χ4n) is 4.06. The third kappa shape index (κ3) is 6.28. The van der Waals surface area contributed by atoms with Crippen molar-refractivity contribution in [2.45, 2.75) is 50.6 Å². The lowest BCUT2D eigenvalue weighted by atomic mass is 10.1. The van der Waals surface area contributed by atoms with Crippen LogP contribution in [0, 0.1) is 6.92 Å². The van der Waals surface area contributed by atoms with E-state index in [0.29, 0.717) is 18.5 Å². The van der Waals surface area contributed by atoms with E-state index in [1.165, 1.54) is 45.3 Å². The second kappa shape index (κ2) is 11.7. The van der Waals surface area contributed by atoms with Crippen LogP contribution < -0.4 is 9.64 Å². The molecule has 3 rings (SSSR count). The van der Waals surface area contributed by atoms with Gasteiger partial charge in [-0.1, -0.05) is 17.7 Å². The number of esters is 1. The molecular formula is C26H33N3O7S. The van der Waals surface area contributed by atoms with Crippen molar-refractivity contribution in [3.05, 3.63) is 54.1 Å². The fourth-order valence-corrected chi connectivity index (χ4v) is 5.71. The lowest BCUT2D eigenvalue weighted by Crippen LogP contribution is -2.53. The number of sulfonamides is 1. The minimum absolute atomic E-state index is 0.106. The molecule has 1 heterocycles. The Bertz CT molecular complexity index is 1230. The number of benzene rings is 2. The van der Waals surface area contributed by atoms with E-state index in [0.717, 1.165) is 5.56 Å². The van der Waals surface area contributed by atoms with Gasteiger partial charge in [0.25, 0.3) is 0 Å². The minimum atomic E-state index is -3.94. The van der Waals surface area contributed by atoms with Crippen molar-refractivity contribution in [1.29, 1.82) is 0 Å². The van der Waals surface area contributed by atoms with Gasteiger partial charge in [0, 0.05) is 26.3 Å². The van der Waals surface area contributed by atoms with Crippen molar-refractivity contribution in [2.24, 2.45) is 0 Å². The summed E-state index contributed by atoms with van der Waals surface area (Å²) in [5, 5.41) is 0. The average Bonchev–Trinajstić information content (AvgIpc) is 3.36. The number of amides is 2. The van der Waals surface area contributed by atoms with E-state index >= 15 is 0 Å². The highest BCUT2D eigenvalue weighted by atomic mass is 32.2. The molecule has 1 aliphatic rings. The number of nitrogens with zero attached hydrogens (tertiary/aromatic N) is 3. The molecule has 0 bridgehead atoms. The maximum absolute atomic E-state index is 13.9. The first-order chi connectivity index (χ1) is 17.5. The van der Waals surface area contributed by atoms with E-state index in [1.807, 2.05) is 6.92 Å². The molecule has 2 aromatic carbocycles. The summed E-state index contributed by atoms with van der Waals surface area (Å²) in [4.78, 5) is 41.1. The van der Waals surface area contributed by atoms with E-state index in [-0.39, 0.29) is 23.8 Å². The van der Waals surface area contributed by atoms with Gasteiger partial charge in [0.15, 0.2) is 0 Å². The zero-order valence-electron chi connectivity index (χ0n) is 21.7. The van der Waals surface area contributed by atoms with Crippen molar-refractivity contribution in [3.8, 4) is 5.75 Å². The molecule has 0 aliphatic carbocycles. The number of carbonyl (C=O) groups is 3. The van der Waals surface area contributed by atoms with Crippen LogP contribution in [-0.4, -0.2) is 74.9 Å². The molecule has 2 atom stereocenters. The first-order valence-corrected chi connectivity index (χ1v) is 13.5. The summed E-state index contributed by atoms with van der Waals surface area (Å²) in [6.45, 7) is 5.37. The van der Waals surface area contributed by atoms with Gasteiger partial charge in [-0.2, -0.15) is 4.31 Å². The summed E-state index contributed by atoms with van der Waals surface area (Å²) in [5.41, 5.74) is 1.26. The van der Waals surface area contributed by atoms with E-state index in [4.69, 9.17) is 9.47 Å². The van der Waals surface area contributed by atoms with Gasteiger partial charge in [-0.3, -0.25) is 9.69 Å². The van der Waals surface area contributed by atoms with Crippen molar-refractivity contribution in [2.75, 3.05) is 32.1 Å². The summed E-state index contributed by atoms with van der Waals surface area (Å²) in [5.74, 6) is -0.903. The van der Waals surface area contributed by atoms with Crippen molar-refractivity contribution in [3.63, 3.8) is 0 Å². The molecule has 1 aliphatic heterocycles. The summed E-state index contributed by atoms with van der Waals surface area (Å²) >= 11 is 0. The highest BCUT2D eigenvalue weighted by molar-refractivity contribution is 7.89. The van der Waals surface area contributed by atoms with E-state index in [1.54, 1.807) is 45.3 Å². The number of anilines is 1. The smallest absolute Gasteiger partial charge is 0.414 e. The monoisotopic (exact) mass is 531 g/mol. The summed E-state index contributed by atoms with van der Waals surface area (Å²) < 4.78 is 38.5. The molecule has 2 amide bonds. The van der Waals surface area contributed by atoms with Crippen molar-refractivity contribution >= 4 is 33.7 Å². The number of carbonyl (C=O) groups excluding carboxylic acids is 3. The molecule has 0 unspecified atom stereocenters. The van der Waals surface area contributed by atoms with E-state index in [2.05, 4.69) is 0 Å². The Kier molecular flexibility index (Phi) is 8.93. The molecule has 11 heteroatoms. The highest BCUT2D eigenvalue weighted by Crippen LogP contribution is 2.31. The quantitative estimate of drug-likeness (QED) is 0.481. The van der Waals surface area contributed by atoms with Crippen molar-refractivity contribution in [1.82, 2.24) is 9.21 Å². The Morgan fingerprint density at radius 1 is 1.05 bits per heavy atom. The number of rotatable bonds is 8. The third-order valence-electron chi connectivity index (χ3n) is 6.05. The molecule has 1 fully saturated rings. The van der Waals surface area contributed by atoms with Gasteiger partial charge in [-0.25, -0.2) is 18.0 Å². The normalized spacial score (nSPS) is 16.6. The third-order valence-corrected chi connectivity index (χ3v) is 7.98. The molecule has 1 saturated heterocycles. The Hall–Kier alpha value is -3.44. The molecule has 0 N–H and O–H groups in total. The maximum Gasteiger partial charge on any atom is 0.414 e. The van der Waals surface area contributed by atoms with Crippen LogP contribution in [0.1, 0.15) is 32.3 Å². The minimum Gasteiger partial charge on any atom is -0.464 e. The molecule has 0 radical (unpaired) electrons. The molecular weight excluding hydrogens is 498 g/mol. The SMILES string of the molecule is CCOC(=O)[C@H](C)N(C(=O)[C@@H]1CCCN1S(=O)(=O)c1ccc(C)cc1)c1ccc(OC(=O)N(C)C)cc1. The number of hydrogen-bond acceptors (Lipinski definition) is 7. The fraction of sp³-hybridized carbons (Fsp3) is 0.423. The molecule has 37 heavy (non-hydrogen) atoms. The van der Waals surface area contributed by atoms with Crippen LogP contribution in [0.2, 0.25) is 0 Å². The Labute approximate surface area is 217 Å². The van der Waals surface area contributed by atoms with Gasteiger partial charge in [0.2, 0.25) is 15.9 Å². The topological polar surface area (TPSA) is 114 Å². The first-order valence-electron chi connectivity index (χ1n) is 12.0. The molecule has 10 nitrogen and oxygen atoms in total. The largest absolute Gasteiger partial charge is 0.464 e. The van der Waals surface area contributed by atoms with Crippen LogP contribution in [-0.2, 0) is 24.3 Å². The second-order valence-electron chi connectivity index (χ2n) is 8.98. The Morgan fingerprint density at radius 3 is 2.24 bits per heavy atom. The predicted molar refractivity (Wildman–Crippen MR) is 138 cm³/mol. The average molecular weight is 532 g/mol. The highest BCUT2D eigenvalue weighted by Gasteiger charge is 2.43. The molecule has 0 aromatic heterocycles. The van der Waals surface area contributed by atoms with Crippen LogP contribution in [0.4, 0.5) is 10.5 Å². The molecule has 200 valence electrons. The Morgan fingerprint density at radius 2 is 1.68 bits per heavy atom. The van der Waals surface area contributed by atoms with Crippen molar-refractivity contribution < 1.29 is 32.3 Å². The summed E-state index contributed by atoms with van der Waals surface area (Å²) in [6, 6.07) is 10.5. The predicted octanol–water partition coefficient (Wildman–Crippen LogP) is 3.19. The zero-order chi connectivity index (χ0) is 27.3. The summed E-state index contributed by atoms with van der Waals surface area (Å²) in [6.07, 6.45) is 0.250. The van der Waals surface area contributed by atoms with Gasteiger partial charge in [0.1, 0.15) is 17.8 Å². The second-order valence-corrected chi connectivity index (χ2v) is 10.9. The van der Waals surface area contributed by atoms with Crippen LogP contribution >= 0.6 is 0 Å². The van der Waals surface area contributed by atoms with Gasteiger partial charge >= 0.3 is 12.1 Å². The van der Waals surface area contributed by atoms with Gasteiger partial charge in [-0.15, -0.1) is 0 Å². The number of aryl methyl sites for hydroxylation is 1. The molecule has 0 saturated carbocycles. The van der Waals surface area contributed by atoms with Gasteiger partial charge in [-0.05, 0) is 70.0 Å². The van der Waals surface area contributed by atoms with Gasteiger partial charge < -0.3 is 14.4 Å². The van der Waals surface area contributed by atoms with Gasteiger partial charge in [0.05, 0.1) is 11.5 Å². The van der Waals surface area contributed by atoms with E-state index in [9.17, 15) is 22.8 Å². The maximum atomic E-state index is 13.9. The van der Waals surface area contributed by atoms with E-state index < -0.39 is 40.1 Å². The van der Waals surface area contributed by atoms with Crippen LogP contribution in [0.5, 0.6) is 5.75 Å². The lowest BCUT2D eigenvalue weighted by Gasteiger charge is -2.33. The van der Waals surface area contributed by atoms with Crippen LogP contribution in [0.15, 0.2) is 53.4 Å². The standard InChI is InChI=1S/C26H33N3O7S/c1-6-35-25(31)19(3)29(20-11-13-21(14-12-20)36-26(32)27(4)5)24(30)23-8-7-17-28(23)37(33,34)22-15-9-18(2)10-16-22/h9-16,19,23H,6-8,17H2,1-5H3/t19-,23-/m0/s1. The van der Waals surface area contributed by atoms with Crippen LogP contribution in [0.25, 0.3) is 0 Å². The summed E-state index contributed by atoms with van der Waals surface area (Å²) in [7, 11) is -0.839. The number of hydrogen-bond donors (Lipinski definition) is 0. The molecule has 2 aromatic rings. The first kappa shape index (κ1) is 28.1. The Balaban J connectivity index is 1.95. The lowest BCUT2D eigenvalue weighted by molar-refractivity contribution is -0.145.